The molecule has 0 aliphatic heterocycles. The van der Waals surface area contributed by atoms with Crippen LogP contribution in [0, 0.1) is 3.70 Å². The minimum absolute atomic E-state index is 0.104. The summed E-state index contributed by atoms with van der Waals surface area (Å²) >= 11 is 7.60. The Morgan fingerprint density at radius 3 is 1.59 bits per heavy atom. The van der Waals surface area contributed by atoms with Crippen LogP contribution in [-0.2, 0) is 20.0 Å². The number of aromatic nitrogens is 1. The lowest BCUT2D eigenvalue weighted by molar-refractivity contribution is 0.584. The molecule has 0 saturated carbocycles. The molecule has 10 heteroatoms. The van der Waals surface area contributed by atoms with E-state index < -0.39 is 20.0 Å². The summed E-state index contributed by atoms with van der Waals surface area (Å²) in [4.78, 5) is 3.68. The molecular formula is C17H12ClIN2O4S2. The molecule has 0 bridgehead atoms. The molecule has 3 aromatic rings. The van der Waals surface area contributed by atoms with Crippen molar-refractivity contribution in [2.24, 2.45) is 0 Å². The van der Waals surface area contributed by atoms with Gasteiger partial charge in [0.1, 0.15) is 14.5 Å². The number of pyridine rings is 1. The Balaban J connectivity index is 2.31. The van der Waals surface area contributed by atoms with Crippen molar-refractivity contribution in [3.63, 3.8) is 0 Å². The minimum atomic E-state index is -4.44. The van der Waals surface area contributed by atoms with E-state index >= 15 is 0 Å². The van der Waals surface area contributed by atoms with E-state index in [0.717, 1.165) is 0 Å². The maximum absolute atomic E-state index is 13.3. The van der Waals surface area contributed by atoms with E-state index in [1.807, 2.05) is 0 Å². The van der Waals surface area contributed by atoms with Crippen LogP contribution in [0.4, 0.5) is 5.69 Å². The fourth-order valence-electron chi connectivity index (χ4n) is 2.31. The van der Waals surface area contributed by atoms with E-state index in [-0.39, 0.29) is 24.3 Å². The van der Waals surface area contributed by atoms with Crippen molar-refractivity contribution in [3.05, 3.63) is 81.7 Å². The monoisotopic (exact) mass is 534 g/mol. The van der Waals surface area contributed by atoms with Crippen molar-refractivity contribution >= 4 is 59.9 Å². The summed E-state index contributed by atoms with van der Waals surface area (Å²) in [6, 6.07) is 17.3. The second-order valence-electron chi connectivity index (χ2n) is 5.28. The molecule has 0 fully saturated rings. The number of nitrogens with zero attached hydrogens (tertiary/aromatic N) is 2. The van der Waals surface area contributed by atoms with Gasteiger partial charge in [-0.2, -0.15) is 3.71 Å². The lowest BCUT2D eigenvalue weighted by atomic mass is 10.4. The van der Waals surface area contributed by atoms with Gasteiger partial charge in [0.25, 0.3) is 20.0 Å². The number of hydrogen-bond acceptors (Lipinski definition) is 5. The molecule has 0 atom stereocenters. The van der Waals surface area contributed by atoms with E-state index in [1.54, 1.807) is 34.7 Å². The second kappa shape index (κ2) is 7.74. The van der Waals surface area contributed by atoms with Gasteiger partial charge in [0.15, 0.2) is 0 Å². The molecule has 27 heavy (non-hydrogen) atoms. The summed E-state index contributed by atoms with van der Waals surface area (Å²) in [5.74, 6) is 0. The predicted molar refractivity (Wildman–Crippen MR) is 112 cm³/mol. The van der Waals surface area contributed by atoms with Crippen LogP contribution in [0.25, 0.3) is 0 Å². The SMILES string of the molecule is O=S(=O)(c1ccccc1)N(c1ccc(Cl)nc1I)S(=O)(=O)c1ccccc1. The lowest BCUT2D eigenvalue weighted by Crippen LogP contribution is -2.37. The van der Waals surface area contributed by atoms with E-state index in [9.17, 15) is 16.8 Å². The molecule has 3 rings (SSSR count). The normalized spacial score (nSPS) is 11.9. The van der Waals surface area contributed by atoms with Crippen LogP contribution in [0.3, 0.4) is 0 Å². The number of benzene rings is 2. The highest BCUT2D eigenvalue weighted by molar-refractivity contribution is 14.1. The summed E-state index contributed by atoms with van der Waals surface area (Å²) in [5, 5.41) is 0.123. The zero-order chi connectivity index (χ0) is 19.7. The van der Waals surface area contributed by atoms with Crippen molar-refractivity contribution in [1.29, 1.82) is 0 Å². The van der Waals surface area contributed by atoms with Gasteiger partial charge in [-0.25, -0.2) is 21.8 Å². The van der Waals surface area contributed by atoms with Crippen molar-refractivity contribution in [2.75, 3.05) is 3.71 Å². The number of sulfonamides is 2. The lowest BCUT2D eigenvalue weighted by Gasteiger charge is -2.24. The first-order valence-electron chi connectivity index (χ1n) is 7.47. The molecule has 0 spiro atoms. The van der Waals surface area contributed by atoms with E-state index in [4.69, 9.17) is 11.6 Å². The molecule has 2 aromatic carbocycles. The molecule has 0 amide bonds. The first kappa shape index (κ1) is 20.1. The molecule has 1 aromatic heterocycles. The third-order valence-corrected chi connectivity index (χ3v) is 8.69. The van der Waals surface area contributed by atoms with Crippen LogP contribution < -0.4 is 3.71 Å². The average molecular weight is 535 g/mol. The number of anilines is 1. The van der Waals surface area contributed by atoms with Gasteiger partial charge in [0.2, 0.25) is 0 Å². The Morgan fingerprint density at radius 2 is 1.19 bits per heavy atom. The Morgan fingerprint density at radius 1 is 0.741 bits per heavy atom. The van der Waals surface area contributed by atoms with Crippen molar-refractivity contribution < 1.29 is 16.8 Å². The van der Waals surface area contributed by atoms with Crippen LogP contribution >= 0.6 is 34.2 Å². The third-order valence-electron chi connectivity index (χ3n) is 3.51. The average Bonchev–Trinajstić information content (AvgIpc) is 2.65. The highest BCUT2D eigenvalue weighted by Crippen LogP contribution is 2.33. The first-order valence-corrected chi connectivity index (χ1v) is 11.8. The molecule has 0 aliphatic carbocycles. The Hall–Kier alpha value is -1.69. The smallest absolute Gasteiger partial charge is 0.228 e. The summed E-state index contributed by atoms with van der Waals surface area (Å²) in [6.07, 6.45) is 0. The van der Waals surface area contributed by atoms with Crippen molar-refractivity contribution in [2.45, 2.75) is 9.79 Å². The van der Waals surface area contributed by atoms with Gasteiger partial charge in [-0.3, -0.25) is 0 Å². The number of hydrogen-bond donors (Lipinski definition) is 0. The molecule has 140 valence electrons. The summed E-state index contributed by atoms with van der Waals surface area (Å²) in [5.41, 5.74) is -0.104. The first-order chi connectivity index (χ1) is 12.7. The van der Waals surface area contributed by atoms with E-state index in [0.29, 0.717) is 3.71 Å². The Bertz CT molecular complexity index is 1100. The molecule has 6 nitrogen and oxygen atoms in total. The van der Waals surface area contributed by atoms with Crippen LogP contribution in [0.15, 0.2) is 82.6 Å². The molecule has 1 heterocycles. The van der Waals surface area contributed by atoms with Gasteiger partial charge in [-0.15, -0.1) is 0 Å². The van der Waals surface area contributed by atoms with Gasteiger partial charge in [-0.1, -0.05) is 48.0 Å². The van der Waals surface area contributed by atoms with Crippen molar-refractivity contribution in [3.8, 4) is 0 Å². The minimum Gasteiger partial charge on any atom is -0.228 e. The van der Waals surface area contributed by atoms with Gasteiger partial charge in [0, 0.05) is 0 Å². The third kappa shape index (κ3) is 3.96. The maximum atomic E-state index is 13.3. The van der Waals surface area contributed by atoms with Crippen LogP contribution in [-0.4, -0.2) is 21.8 Å². The standard InChI is InChI=1S/C17H12ClIN2O4S2/c18-16-12-11-15(17(19)20-16)21(26(22,23)13-7-3-1-4-8-13)27(24,25)14-9-5-2-6-10-14/h1-12H. The molecule has 0 saturated heterocycles. The van der Waals surface area contributed by atoms with Gasteiger partial charge in [-0.05, 0) is 59.0 Å². The van der Waals surface area contributed by atoms with Crippen LogP contribution in [0.5, 0.6) is 0 Å². The summed E-state index contributed by atoms with van der Waals surface area (Å²) in [6.45, 7) is 0. The molecule has 0 aliphatic rings. The quantitative estimate of drug-likeness (QED) is 0.366. The number of halogens is 2. The topological polar surface area (TPSA) is 84.4 Å². The summed E-state index contributed by atoms with van der Waals surface area (Å²) < 4.78 is 53.6. The van der Waals surface area contributed by atoms with Crippen LogP contribution in [0.1, 0.15) is 0 Å². The Kier molecular flexibility index (Phi) is 5.75. The van der Waals surface area contributed by atoms with Gasteiger partial charge >= 0.3 is 0 Å². The zero-order valence-corrected chi connectivity index (χ0v) is 18.1. The maximum Gasteiger partial charge on any atom is 0.277 e. The predicted octanol–water partition coefficient (Wildman–Crippen LogP) is 3.92. The highest BCUT2D eigenvalue weighted by Gasteiger charge is 2.38. The van der Waals surface area contributed by atoms with Gasteiger partial charge < -0.3 is 0 Å². The van der Waals surface area contributed by atoms with E-state index in [1.165, 1.54) is 60.7 Å². The molecule has 0 radical (unpaired) electrons. The van der Waals surface area contributed by atoms with Gasteiger partial charge in [0.05, 0.1) is 9.79 Å². The molecule has 0 unspecified atom stereocenters. The zero-order valence-electron chi connectivity index (χ0n) is 13.5. The fourth-order valence-corrected chi connectivity index (χ4v) is 7.35. The van der Waals surface area contributed by atoms with E-state index in [2.05, 4.69) is 4.98 Å². The fraction of sp³-hybridized carbons (Fsp3) is 0. The molecular weight excluding hydrogens is 523 g/mol. The highest BCUT2D eigenvalue weighted by atomic mass is 127. The molecule has 0 N–H and O–H groups in total. The summed E-state index contributed by atoms with van der Waals surface area (Å²) in [7, 11) is -8.88. The Labute approximate surface area is 176 Å². The van der Waals surface area contributed by atoms with Crippen LogP contribution in [0.2, 0.25) is 5.15 Å². The number of rotatable bonds is 5. The van der Waals surface area contributed by atoms with Crippen molar-refractivity contribution in [1.82, 2.24) is 4.98 Å². The largest absolute Gasteiger partial charge is 0.277 e. The second-order valence-corrected chi connectivity index (χ2v) is 10.5.